The van der Waals surface area contributed by atoms with E-state index >= 15 is 0 Å². The molecular weight excluding hydrogens is 330 g/mol. The number of hydrogen-bond acceptors (Lipinski definition) is 6. The Bertz CT molecular complexity index is 909. The molecule has 26 heavy (non-hydrogen) atoms. The molecule has 2 aliphatic heterocycles. The van der Waals surface area contributed by atoms with Crippen LogP contribution in [0.1, 0.15) is 30.0 Å². The first-order valence-electron chi connectivity index (χ1n) is 9.07. The number of ether oxygens (including phenoxy) is 1. The van der Waals surface area contributed by atoms with Crippen LogP contribution in [-0.4, -0.2) is 39.6 Å². The highest BCUT2D eigenvalue weighted by molar-refractivity contribution is 5.37. The van der Waals surface area contributed by atoms with E-state index in [1.165, 1.54) is 5.56 Å². The number of nitrogens with zero attached hydrogens (tertiary/aromatic N) is 5. The molecule has 134 valence electrons. The van der Waals surface area contributed by atoms with Crippen LogP contribution < -0.4 is 4.90 Å². The smallest absolute Gasteiger partial charge is 0.266 e. The van der Waals surface area contributed by atoms with E-state index in [9.17, 15) is 0 Å². The lowest BCUT2D eigenvalue weighted by Crippen LogP contribution is -2.47. The van der Waals surface area contributed by atoms with E-state index in [4.69, 9.17) is 14.4 Å². The first kappa shape index (κ1) is 15.6. The topological polar surface area (TPSA) is 69.2 Å². The molecule has 1 spiro atoms. The van der Waals surface area contributed by atoms with Gasteiger partial charge in [-0.1, -0.05) is 18.2 Å². The van der Waals surface area contributed by atoms with Crippen LogP contribution >= 0.6 is 0 Å². The summed E-state index contributed by atoms with van der Waals surface area (Å²) in [5.41, 5.74) is 3.17. The Morgan fingerprint density at radius 2 is 1.92 bits per heavy atom. The highest BCUT2D eigenvalue weighted by atomic mass is 16.5. The van der Waals surface area contributed by atoms with Crippen LogP contribution in [0.25, 0.3) is 5.69 Å². The normalized spacial score (nSPS) is 18.9. The number of aromatic nitrogens is 4. The van der Waals surface area contributed by atoms with E-state index in [-0.39, 0.29) is 5.60 Å². The molecule has 7 nitrogen and oxygen atoms in total. The molecule has 3 aromatic rings. The largest absolute Gasteiger partial charge is 0.368 e. The Balaban J connectivity index is 1.43. The van der Waals surface area contributed by atoms with Crippen molar-refractivity contribution in [2.24, 2.45) is 0 Å². The molecule has 1 saturated heterocycles. The van der Waals surface area contributed by atoms with Gasteiger partial charge in [0.25, 0.3) is 5.95 Å². The molecule has 5 rings (SSSR count). The first-order chi connectivity index (χ1) is 12.7. The third-order valence-electron chi connectivity index (χ3n) is 5.36. The maximum atomic E-state index is 6.30. The molecule has 0 radical (unpaired) electrons. The third kappa shape index (κ3) is 2.50. The second-order valence-corrected chi connectivity index (χ2v) is 6.98. The van der Waals surface area contributed by atoms with Crippen molar-refractivity contribution in [3.63, 3.8) is 0 Å². The minimum atomic E-state index is -0.303. The summed E-state index contributed by atoms with van der Waals surface area (Å²) >= 11 is 0. The highest BCUT2D eigenvalue weighted by Gasteiger charge is 2.43. The lowest BCUT2D eigenvalue weighted by atomic mass is 9.84. The van der Waals surface area contributed by atoms with Gasteiger partial charge in [-0.15, -0.1) is 0 Å². The summed E-state index contributed by atoms with van der Waals surface area (Å²) in [6, 6.07) is 10.2. The van der Waals surface area contributed by atoms with Crippen LogP contribution in [0.5, 0.6) is 0 Å². The number of hydrogen-bond donors (Lipinski definition) is 0. The van der Waals surface area contributed by atoms with Gasteiger partial charge in [-0.2, -0.15) is 10.1 Å². The Morgan fingerprint density at radius 1 is 1.12 bits per heavy atom. The van der Waals surface area contributed by atoms with Crippen molar-refractivity contribution in [1.29, 1.82) is 0 Å². The molecule has 2 aromatic heterocycles. The number of piperidine rings is 1. The van der Waals surface area contributed by atoms with Crippen LogP contribution in [0.15, 0.2) is 41.1 Å². The second kappa shape index (κ2) is 5.95. The van der Waals surface area contributed by atoms with E-state index in [1.54, 1.807) is 0 Å². The summed E-state index contributed by atoms with van der Waals surface area (Å²) < 4.78 is 13.4. The van der Waals surface area contributed by atoms with Gasteiger partial charge in [-0.25, -0.2) is 4.68 Å². The van der Waals surface area contributed by atoms with E-state index in [2.05, 4.69) is 33.4 Å². The van der Waals surface area contributed by atoms with Gasteiger partial charge in [0.2, 0.25) is 5.89 Å². The summed E-state index contributed by atoms with van der Waals surface area (Å²) in [5, 5.41) is 8.96. The van der Waals surface area contributed by atoms with Crippen LogP contribution in [0.3, 0.4) is 0 Å². The predicted molar refractivity (Wildman–Crippen MR) is 95.4 cm³/mol. The maximum absolute atomic E-state index is 6.30. The van der Waals surface area contributed by atoms with Gasteiger partial charge < -0.3 is 14.2 Å². The van der Waals surface area contributed by atoms with Crippen molar-refractivity contribution in [3.8, 4) is 5.69 Å². The zero-order valence-electron chi connectivity index (χ0n) is 14.8. The van der Waals surface area contributed by atoms with Crippen molar-refractivity contribution < 1.29 is 9.26 Å². The SMILES string of the molecule is Cc1nc(N2CCC3(CC2)OCCc2cn(-c4ccccc4)nc23)no1. The zero-order chi connectivity index (χ0) is 17.6. The van der Waals surface area contributed by atoms with Gasteiger partial charge >= 0.3 is 0 Å². The van der Waals surface area contributed by atoms with Crippen molar-refractivity contribution in [2.75, 3.05) is 24.6 Å². The molecular formula is C19H21N5O2. The average Bonchev–Trinajstić information content (AvgIpc) is 3.31. The lowest BCUT2D eigenvalue weighted by molar-refractivity contribution is -0.0798. The molecule has 0 unspecified atom stereocenters. The number of benzene rings is 1. The summed E-state index contributed by atoms with van der Waals surface area (Å²) in [5.74, 6) is 1.27. The molecule has 0 bridgehead atoms. The molecule has 4 heterocycles. The Hall–Kier alpha value is -2.67. The molecule has 0 N–H and O–H groups in total. The molecule has 7 heteroatoms. The monoisotopic (exact) mass is 351 g/mol. The molecule has 0 aliphatic carbocycles. The minimum absolute atomic E-state index is 0.303. The third-order valence-corrected chi connectivity index (χ3v) is 5.36. The van der Waals surface area contributed by atoms with Crippen molar-refractivity contribution in [3.05, 3.63) is 53.7 Å². The van der Waals surface area contributed by atoms with Gasteiger partial charge in [0.1, 0.15) is 5.60 Å². The predicted octanol–water partition coefficient (Wildman–Crippen LogP) is 2.63. The molecule has 0 atom stereocenters. The quantitative estimate of drug-likeness (QED) is 0.707. The Labute approximate surface area is 151 Å². The maximum Gasteiger partial charge on any atom is 0.266 e. The second-order valence-electron chi connectivity index (χ2n) is 6.98. The highest BCUT2D eigenvalue weighted by Crippen LogP contribution is 2.41. The van der Waals surface area contributed by atoms with E-state index in [1.807, 2.05) is 29.8 Å². The number of fused-ring (bicyclic) bond motifs is 2. The van der Waals surface area contributed by atoms with Crippen molar-refractivity contribution in [1.82, 2.24) is 19.9 Å². The Kier molecular flexibility index (Phi) is 3.56. The fourth-order valence-corrected chi connectivity index (χ4v) is 3.98. The van der Waals surface area contributed by atoms with Crippen LogP contribution in [-0.2, 0) is 16.8 Å². The standard InChI is InChI=1S/C19H21N5O2/c1-14-20-18(22-26-14)23-10-8-19(9-11-23)17-15(7-12-25-19)13-24(21-17)16-5-3-2-4-6-16/h2-6,13H,7-12H2,1H3. The first-order valence-corrected chi connectivity index (χ1v) is 9.07. The zero-order valence-corrected chi connectivity index (χ0v) is 14.8. The number of rotatable bonds is 2. The molecule has 1 aromatic carbocycles. The van der Waals surface area contributed by atoms with Gasteiger partial charge in [0, 0.05) is 26.2 Å². The average molecular weight is 351 g/mol. The number of para-hydroxylation sites is 1. The molecule has 2 aliphatic rings. The molecule has 1 fully saturated rings. The molecule has 0 amide bonds. The summed E-state index contributed by atoms with van der Waals surface area (Å²) in [7, 11) is 0. The van der Waals surface area contributed by atoms with Gasteiger partial charge in [-0.05, 0) is 42.1 Å². The van der Waals surface area contributed by atoms with E-state index < -0.39 is 0 Å². The van der Waals surface area contributed by atoms with Gasteiger partial charge in [0.15, 0.2) is 0 Å². The van der Waals surface area contributed by atoms with Gasteiger partial charge in [0.05, 0.1) is 18.0 Å². The minimum Gasteiger partial charge on any atom is -0.368 e. The van der Waals surface area contributed by atoms with E-state index in [0.29, 0.717) is 11.8 Å². The fraction of sp³-hybridized carbons (Fsp3) is 0.421. The van der Waals surface area contributed by atoms with Crippen LogP contribution in [0.4, 0.5) is 5.95 Å². The van der Waals surface area contributed by atoms with Crippen molar-refractivity contribution >= 4 is 5.95 Å². The fourth-order valence-electron chi connectivity index (χ4n) is 3.98. The molecule has 0 saturated carbocycles. The number of aryl methyl sites for hydroxylation is 1. The summed E-state index contributed by atoms with van der Waals surface area (Å²) in [6.45, 7) is 4.22. The lowest BCUT2D eigenvalue weighted by Gasteiger charge is -2.42. The van der Waals surface area contributed by atoms with Gasteiger partial charge in [-0.3, -0.25) is 0 Å². The summed E-state index contributed by atoms with van der Waals surface area (Å²) in [4.78, 5) is 6.50. The Morgan fingerprint density at radius 3 is 2.65 bits per heavy atom. The van der Waals surface area contributed by atoms with Crippen molar-refractivity contribution in [2.45, 2.75) is 31.8 Å². The van der Waals surface area contributed by atoms with Crippen LogP contribution in [0, 0.1) is 6.92 Å². The van der Waals surface area contributed by atoms with Crippen LogP contribution in [0.2, 0.25) is 0 Å². The summed E-state index contributed by atoms with van der Waals surface area (Å²) in [6.07, 6.45) is 4.82. The van der Waals surface area contributed by atoms with E-state index in [0.717, 1.165) is 50.3 Å². The number of anilines is 1.